The van der Waals surface area contributed by atoms with Crippen molar-refractivity contribution in [2.75, 3.05) is 13.7 Å². The molecule has 20 heavy (non-hydrogen) atoms. The van der Waals surface area contributed by atoms with Gasteiger partial charge >= 0.3 is 5.97 Å². The Bertz CT molecular complexity index is 626. The molecule has 0 saturated carbocycles. The van der Waals surface area contributed by atoms with Gasteiger partial charge in [0, 0.05) is 6.54 Å². The lowest BCUT2D eigenvalue weighted by Gasteiger charge is -2.22. The summed E-state index contributed by atoms with van der Waals surface area (Å²) in [6.07, 6.45) is 1.72. The Morgan fingerprint density at radius 1 is 1.20 bits per heavy atom. The number of benzene rings is 2. The third kappa shape index (κ3) is 2.47. The largest absolute Gasteiger partial charge is 0.468 e. The molecule has 0 aromatic heterocycles. The van der Waals surface area contributed by atoms with E-state index in [0.29, 0.717) is 0 Å². The summed E-state index contributed by atoms with van der Waals surface area (Å²) in [5, 5.41) is 4.01. The standard InChI is InChI=1S/C16H17NO3/c1-19-16(18)15-7-4-10-17(15)20-14-9-8-12-5-2-3-6-13(12)11-14/h2-3,5-6,8-9,11,15H,4,7,10H2,1H3. The van der Waals surface area contributed by atoms with E-state index in [9.17, 15) is 4.79 Å². The maximum Gasteiger partial charge on any atom is 0.326 e. The fourth-order valence-electron chi connectivity index (χ4n) is 2.58. The van der Waals surface area contributed by atoms with E-state index in [4.69, 9.17) is 9.57 Å². The molecule has 0 radical (unpaired) electrons. The zero-order valence-corrected chi connectivity index (χ0v) is 11.4. The van der Waals surface area contributed by atoms with Crippen molar-refractivity contribution in [3.8, 4) is 5.75 Å². The minimum Gasteiger partial charge on any atom is -0.468 e. The Kier molecular flexibility index (Phi) is 3.56. The third-order valence-electron chi connectivity index (χ3n) is 3.62. The van der Waals surface area contributed by atoms with E-state index in [-0.39, 0.29) is 12.0 Å². The van der Waals surface area contributed by atoms with Crippen LogP contribution in [0.2, 0.25) is 0 Å². The van der Waals surface area contributed by atoms with Crippen molar-refractivity contribution in [2.24, 2.45) is 0 Å². The van der Waals surface area contributed by atoms with Crippen LogP contribution in [0.1, 0.15) is 12.8 Å². The van der Waals surface area contributed by atoms with E-state index in [1.807, 2.05) is 36.4 Å². The van der Waals surface area contributed by atoms with Gasteiger partial charge in [-0.15, -0.1) is 5.06 Å². The Balaban J connectivity index is 1.80. The lowest BCUT2D eigenvalue weighted by molar-refractivity contribution is -0.158. The zero-order chi connectivity index (χ0) is 13.9. The molecule has 4 heteroatoms. The summed E-state index contributed by atoms with van der Waals surface area (Å²) in [6.45, 7) is 0.743. The van der Waals surface area contributed by atoms with Crippen molar-refractivity contribution in [3.05, 3.63) is 42.5 Å². The molecule has 1 heterocycles. The number of ether oxygens (including phenoxy) is 1. The van der Waals surface area contributed by atoms with Gasteiger partial charge in [-0.3, -0.25) is 4.79 Å². The Morgan fingerprint density at radius 3 is 2.80 bits per heavy atom. The highest BCUT2D eigenvalue weighted by molar-refractivity contribution is 5.83. The summed E-state index contributed by atoms with van der Waals surface area (Å²) in [5.74, 6) is 0.516. The molecule has 0 amide bonds. The quantitative estimate of drug-likeness (QED) is 0.805. The molecule has 1 unspecified atom stereocenters. The second-order valence-corrected chi connectivity index (χ2v) is 4.92. The topological polar surface area (TPSA) is 38.8 Å². The van der Waals surface area contributed by atoms with Crippen LogP contribution in [0, 0.1) is 0 Å². The van der Waals surface area contributed by atoms with Crippen LogP contribution in [0.3, 0.4) is 0 Å². The van der Waals surface area contributed by atoms with Gasteiger partial charge in [0.25, 0.3) is 0 Å². The highest BCUT2D eigenvalue weighted by atomic mass is 16.7. The summed E-state index contributed by atoms with van der Waals surface area (Å²) < 4.78 is 4.81. The Morgan fingerprint density at radius 2 is 2.00 bits per heavy atom. The Hall–Kier alpha value is -2.07. The number of carbonyl (C=O) groups excluding carboxylic acids is 1. The molecule has 0 aliphatic carbocycles. The minimum atomic E-state index is -0.300. The number of rotatable bonds is 3. The molecule has 0 spiro atoms. The number of hydrogen-bond donors (Lipinski definition) is 0. The second-order valence-electron chi connectivity index (χ2n) is 4.92. The summed E-state index contributed by atoms with van der Waals surface area (Å²) in [7, 11) is 1.41. The van der Waals surface area contributed by atoms with Gasteiger partial charge in [-0.05, 0) is 35.7 Å². The molecule has 1 aliphatic rings. The fraction of sp³-hybridized carbons (Fsp3) is 0.312. The van der Waals surface area contributed by atoms with Crippen LogP contribution in [0.15, 0.2) is 42.5 Å². The van der Waals surface area contributed by atoms with E-state index in [1.165, 1.54) is 12.5 Å². The minimum absolute atomic E-state index is 0.233. The van der Waals surface area contributed by atoms with E-state index >= 15 is 0 Å². The number of carbonyl (C=O) groups is 1. The van der Waals surface area contributed by atoms with E-state index in [1.54, 1.807) is 5.06 Å². The highest BCUT2D eigenvalue weighted by Crippen LogP contribution is 2.25. The van der Waals surface area contributed by atoms with Crippen molar-refractivity contribution in [1.82, 2.24) is 5.06 Å². The van der Waals surface area contributed by atoms with Gasteiger partial charge in [-0.25, -0.2) is 0 Å². The zero-order valence-electron chi connectivity index (χ0n) is 11.4. The van der Waals surface area contributed by atoms with Crippen LogP contribution < -0.4 is 4.84 Å². The summed E-state index contributed by atoms with van der Waals surface area (Å²) in [5.41, 5.74) is 0. The van der Waals surface area contributed by atoms with Crippen LogP contribution in [0.25, 0.3) is 10.8 Å². The summed E-state index contributed by atoms with van der Waals surface area (Å²) in [6, 6.07) is 13.8. The van der Waals surface area contributed by atoms with Gasteiger partial charge in [0.2, 0.25) is 0 Å². The lowest BCUT2D eigenvalue weighted by atomic mass is 10.1. The molecule has 4 nitrogen and oxygen atoms in total. The number of hydrogen-bond acceptors (Lipinski definition) is 4. The first-order valence-corrected chi connectivity index (χ1v) is 6.79. The molecule has 0 N–H and O–H groups in total. The molecule has 2 aromatic carbocycles. The average molecular weight is 271 g/mol. The van der Waals surface area contributed by atoms with E-state index < -0.39 is 0 Å². The molecular formula is C16H17NO3. The lowest BCUT2D eigenvalue weighted by Crippen LogP contribution is -2.39. The van der Waals surface area contributed by atoms with Crippen molar-refractivity contribution >= 4 is 16.7 Å². The van der Waals surface area contributed by atoms with Gasteiger partial charge in [-0.1, -0.05) is 30.3 Å². The van der Waals surface area contributed by atoms with Crippen LogP contribution in [-0.4, -0.2) is 30.7 Å². The molecule has 1 fully saturated rings. The number of fused-ring (bicyclic) bond motifs is 1. The van der Waals surface area contributed by atoms with Crippen LogP contribution in [-0.2, 0) is 9.53 Å². The molecule has 1 atom stereocenters. The van der Waals surface area contributed by atoms with Gasteiger partial charge in [0.15, 0.2) is 0 Å². The normalized spacial score (nSPS) is 19.1. The molecule has 1 aliphatic heterocycles. The van der Waals surface area contributed by atoms with Crippen molar-refractivity contribution < 1.29 is 14.4 Å². The van der Waals surface area contributed by atoms with Crippen molar-refractivity contribution in [1.29, 1.82) is 0 Å². The first-order valence-electron chi connectivity index (χ1n) is 6.79. The molecule has 2 aromatic rings. The van der Waals surface area contributed by atoms with Gasteiger partial charge in [-0.2, -0.15) is 0 Å². The van der Waals surface area contributed by atoms with Crippen molar-refractivity contribution in [3.63, 3.8) is 0 Å². The monoisotopic (exact) mass is 271 g/mol. The molecule has 0 bridgehead atoms. The fourth-order valence-corrected chi connectivity index (χ4v) is 2.58. The second kappa shape index (κ2) is 5.51. The highest BCUT2D eigenvalue weighted by Gasteiger charge is 2.33. The SMILES string of the molecule is COC(=O)C1CCCN1Oc1ccc2ccccc2c1. The van der Waals surface area contributed by atoms with Crippen LogP contribution >= 0.6 is 0 Å². The third-order valence-corrected chi connectivity index (χ3v) is 3.62. The van der Waals surface area contributed by atoms with Gasteiger partial charge in [0.05, 0.1) is 7.11 Å². The van der Waals surface area contributed by atoms with Gasteiger partial charge < -0.3 is 9.57 Å². The number of hydroxylamine groups is 2. The number of esters is 1. The number of nitrogens with zero attached hydrogens (tertiary/aromatic N) is 1. The Labute approximate surface area is 117 Å². The summed E-state index contributed by atoms with van der Waals surface area (Å²) in [4.78, 5) is 17.5. The average Bonchev–Trinajstić information content (AvgIpc) is 2.94. The first-order chi connectivity index (χ1) is 9.78. The summed E-state index contributed by atoms with van der Waals surface area (Å²) >= 11 is 0. The molecule has 104 valence electrons. The number of methoxy groups -OCH3 is 1. The van der Waals surface area contributed by atoms with E-state index in [2.05, 4.69) is 6.07 Å². The maximum absolute atomic E-state index is 11.7. The molecule has 3 rings (SSSR count). The maximum atomic E-state index is 11.7. The first kappa shape index (κ1) is 12.9. The van der Waals surface area contributed by atoms with E-state index in [0.717, 1.165) is 30.5 Å². The van der Waals surface area contributed by atoms with Gasteiger partial charge in [0.1, 0.15) is 11.8 Å². The predicted octanol–water partition coefficient (Wildman–Crippen LogP) is 2.77. The van der Waals surface area contributed by atoms with Crippen LogP contribution in [0.4, 0.5) is 0 Å². The predicted molar refractivity (Wildman–Crippen MR) is 76.3 cm³/mol. The van der Waals surface area contributed by atoms with Crippen molar-refractivity contribution in [2.45, 2.75) is 18.9 Å². The molecular weight excluding hydrogens is 254 g/mol. The smallest absolute Gasteiger partial charge is 0.326 e. The van der Waals surface area contributed by atoms with Crippen LogP contribution in [0.5, 0.6) is 5.75 Å². The molecule has 1 saturated heterocycles.